The lowest BCUT2D eigenvalue weighted by molar-refractivity contribution is -0.151. The Morgan fingerprint density at radius 1 is 1.37 bits per heavy atom. The molecule has 1 saturated carbocycles. The van der Waals surface area contributed by atoms with Crippen molar-refractivity contribution in [1.82, 2.24) is 0 Å². The number of hydrogen-bond acceptors (Lipinski definition) is 5. The Balaban J connectivity index is 2.00. The molecule has 1 aliphatic rings. The summed E-state index contributed by atoms with van der Waals surface area (Å²) in [4.78, 5) is 22.8. The lowest BCUT2D eigenvalue weighted by Gasteiger charge is -2.17. The first-order chi connectivity index (χ1) is 12.7. The van der Waals surface area contributed by atoms with E-state index < -0.39 is 53.7 Å². The summed E-state index contributed by atoms with van der Waals surface area (Å²) in [6, 6.07) is 1.98. The first-order valence-electron chi connectivity index (χ1n) is 8.20. The molecule has 1 fully saturated rings. The van der Waals surface area contributed by atoms with Crippen LogP contribution in [0.3, 0.4) is 0 Å². The first kappa shape index (κ1) is 20.9. The van der Waals surface area contributed by atoms with E-state index in [4.69, 9.17) is 15.6 Å². The number of nitrogens with two attached hydrogens (primary N) is 1. The second-order valence-electron chi connectivity index (χ2n) is 6.30. The molecule has 0 aromatic heterocycles. The standard InChI is InChI=1S/C18H20F3NO5/c1-2-5-26-17(25)18(21)12(16(18)22)7-11(8-15(23)24)27-9-10-3-4-13(19)14(20)6-10/h2-4,6,11-12,16H,1,5,7-9,22H2,(H,23,24). The van der Waals surface area contributed by atoms with E-state index in [0.717, 1.165) is 12.1 Å². The Labute approximate surface area is 153 Å². The zero-order valence-corrected chi connectivity index (χ0v) is 14.4. The summed E-state index contributed by atoms with van der Waals surface area (Å²) in [6.07, 6.45) is -0.305. The van der Waals surface area contributed by atoms with Crippen LogP contribution in [0.4, 0.5) is 13.2 Å². The lowest BCUT2D eigenvalue weighted by Crippen LogP contribution is -2.29. The number of rotatable bonds is 10. The molecule has 0 bridgehead atoms. The van der Waals surface area contributed by atoms with Crippen molar-refractivity contribution in [2.45, 2.75) is 37.3 Å². The molecule has 0 radical (unpaired) electrons. The molecular formula is C18H20F3NO5. The SMILES string of the molecule is C=CCOC(=O)C1(F)C(N)C1CC(CC(=O)O)OCc1ccc(F)c(F)c1. The van der Waals surface area contributed by atoms with Crippen molar-refractivity contribution in [2.24, 2.45) is 11.7 Å². The van der Waals surface area contributed by atoms with Crippen LogP contribution in [0.15, 0.2) is 30.9 Å². The van der Waals surface area contributed by atoms with Crippen LogP contribution in [-0.2, 0) is 25.7 Å². The number of benzene rings is 1. The number of hydrogen-bond donors (Lipinski definition) is 2. The summed E-state index contributed by atoms with van der Waals surface area (Å²) in [5.74, 6) is -5.38. The maximum absolute atomic E-state index is 14.7. The minimum Gasteiger partial charge on any atom is -0.481 e. The highest BCUT2D eigenvalue weighted by atomic mass is 19.2. The van der Waals surface area contributed by atoms with Crippen molar-refractivity contribution in [3.8, 4) is 0 Å². The van der Waals surface area contributed by atoms with Crippen molar-refractivity contribution in [3.05, 3.63) is 48.1 Å². The van der Waals surface area contributed by atoms with Crippen LogP contribution in [0.1, 0.15) is 18.4 Å². The summed E-state index contributed by atoms with van der Waals surface area (Å²) in [7, 11) is 0. The Bertz CT molecular complexity index is 729. The smallest absolute Gasteiger partial charge is 0.346 e. The van der Waals surface area contributed by atoms with Crippen molar-refractivity contribution in [2.75, 3.05) is 6.61 Å². The van der Waals surface area contributed by atoms with Crippen molar-refractivity contribution < 1.29 is 37.3 Å². The highest BCUT2D eigenvalue weighted by Gasteiger charge is 2.71. The van der Waals surface area contributed by atoms with Crippen LogP contribution in [-0.4, -0.2) is 41.5 Å². The van der Waals surface area contributed by atoms with E-state index >= 15 is 0 Å². The molecule has 1 aromatic carbocycles. The Morgan fingerprint density at radius 3 is 2.67 bits per heavy atom. The molecule has 3 N–H and O–H groups in total. The number of carboxylic acid groups (broad SMARTS) is 1. The number of carboxylic acids is 1. The fraction of sp³-hybridized carbons (Fsp3) is 0.444. The van der Waals surface area contributed by atoms with Crippen LogP contribution in [0.25, 0.3) is 0 Å². The summed E-state index contributed by atoms with van der Waals surface area (Å²) >= 11 is 0. The summed E-state index contributed by atoms with van der Waals surface area (Å²) in [5, 5.41) is 9.00. The third kappa shape index (κ3) is 4.86. The quantitative estimate of drug-likeness (QED) is 0.471. The molecule has 9 heteroatoms. The van der Waals surface area contributed by atoms with E-state index in [9.17, 15) is 22.8 Å². The topological polar surface area (TPSA) is 98.9 Å². The van der Waals surface area contributed by atoms with E-state index in [0.29, 0.717) is 0 Å². The molecule has 27 heavy (non-hydrogen) atoms. The van der Waals surface area contributed by atoms with Gasteiger partial charge in [-0.2, -0.15) is 0 Å². The van der Waals surface area contributed by atoms with Crippen LogP contribution in [0.2, 0.25) is 0 Å². The number of alkyl halides is 1. The summed E-state index contributed by atoms with van der Waals surface area (Å²) in [6.45, 7) is 2.97. The normalized spacial score (nSPS) is 24.9. The fourth-order valence-electron chi connectivity index (χ4n) is 2.84. The first-order valence-corrected chi connectivity index (χ1v) is 8.20. The van der Waals surface area contributed by atoms with Crippen LogP contribution >= 0.6 is 0 Å². The molecule has 2 rings (SSSR count). The Morgan fingerprint density at radius 2 is 2.07 bits per heavy atom. The van der Waals surface area contributed by atoms with Gasteiger partial charge in [-0.05, 0) is 24.1 Å². The van der Waals surface area contributed by atoms with Crippen LogP contribution in [0, 0.1) is 17.6 Å². The van der Waals surface area contributed by atoms with E-state index in [1.165, 1.54) is 12.1 Å². The Hall–Kier alpha value is -2.39. The van der Waals surface area contributed by atoms with Gasteiger partial charge >= 0.3 is 11.9 Å². The van der Waals surface area contributed by atoms with Gasteiger partial charge in [0.05, 0.1) is 25.2 Å². The van der Waals surface area contributed by atoms with Gasteiger partial charge in [-0.15, -0.1) is 0 Å². The van der Waals surface area contributed by atoms with E-state index in [1.54, 1.807) is 0 Å². The summed E-state index contributed by atoms with van der Waals surface area (Å²) in [5.41, 5.74) is 3.51. The van der Waals surface area contributed by atoms with Gasteiger partial charge in [-0.3, -0.25) is 4.79 Å². The zero-order chi connectivity index (χ0) is 20.2. The molecule has 0 amide bonds. The number of carbonyl (C=O) groups is 2. The molecule has 1 aliphatic carbocycles. The maximum atomic E-state index is 14.7. The molecule has 4 unspecified atom stereocenters. The molecule has 0 heterocycles. The van der Waals surface area contributed by atoms with Crippen LogP contribution in [0.5, 0.6) is 0 Å². The fourth-order valence-corrected chi connectivity index (χ4v) is 2.84. The van der Waals surface area contributed by atoms with E-state index in [-0.39, 0.29) is 25.2 Å². The van der Waals surface area contributed by atoms with Crippen molar-refractivity contribution in [3.63, 3.8) is 0 Å². The zero-order valence-electron chi connectivity index (χ0n) is 14.4. The third-order valence-electron chi connectivity index (χ3n) is 4.38. The van der Waals surface area contributed by atoms with Gasteiger partial charge in [0.15, 0.2) is 11.6 Å². The third-order valence-corrected chi connectivity index (χ3v) is 4.38. The second-order valence-corrected chi connectivity index (χ2v) is 6.30. The number of esters is 1. The average molecular weight is 387 g/mol. The number of halogens is 3. The van der Waals surface area contributed by atoms with E-state index in [1.807, 2.05) is 0 Å². The number of aliphatic carboxylic acids is 1. The molecule has 148 valence electrons. The van der Waals surface area contributed by atoms with Gasteiger partial charge in [0.25, 0.3) is 0 Å². The van der Waals surface area contributed by atoms with Gasteiger partial charge in [0.1, 0.15) is 6.61 Å². The van der Waals surface area contributed by atoms with Crippen molar-refractivity contribution in [1.29, 1.82) is 0 Å². The largest absolute Gasteiger partial charge is 0.481 e. The van der Waals surface area contributed by atoms with E-state index in [2.05, 4.69) is 11.3 Å². The minimum atomic E-state index is -2.41. The van der Waals surface area contributed by atoms with Gasteiger partial charge in [0, 0.05) is 5.92 Å². The lowest BCUT2D eigenvalue weighted by atomic mass is 10.1. The van der Waals surface area contributed by atoms with Crippen LogP contribution < -0.4 is 5.73 Å². The van der Waals surface area contributed by atoms with Gasteiger partial charge in [-0.1, -0.05) is 18.7 Å². The highest BCUT2D eigenvalue weighted by molar-refractivity contribution is 5.85. The molecule has 0 aliphatic heterocycles. The maximum Gasteiger partial charge on any atom is 0.346 e. The predicted octanol–water partition coefficient (Wildman–Crippen LogP) is 2.11. The second kappa shape index (κ2) is 8.53. The Kier molecular flexibility index (Phi) is 6.61. The minimum absolute atomic E-state index is 0.142. The molecule has 0 spiro atoms. The van der Waals surface area contributed by atoms with Gasteiger partial charge in [-0.25, -0.2) is 18.0 Å². The molecule has 4 atom stereocenters. The summed E-state index contributed by atoms with van der Waals surface area (Å²) < 4.78 is 51.0. The molecule has 1 aromatic rings. The highest BCUT2D eigenvalue weighted by Crippen LogP contribution is 2.50. The molecule has 6 nitrogen and oxygen atoms in total. The van der Waals surface area contributed by atoms with Gasteiger partial charge in [0.2, 0.25) is 5.67 Å². The monoisotopic (exact) mass is 387 g/mol. The average Bonchev–Trinajstić information content (AvgIpc) is 3.14. The predicted molar refractivity (Wildman–Crippen MR) is 88.3 cm³/mol. The molecular weight excluding hydrogens is 367 g/mol. The molecule has 0 saturated heterocycles. The van der Waals surface area contributed by atoms with Gasteiger partial charge < -0.3 is 20.3 Å². The van der Waals surface area contributed by atoms with Crippen molar-refractivity contribution >= 4 is 11.9 Å². The number of ether oxygens (including phenoxy) is 2. The number of carbonyl (C=O) groups excluding carboxylic acids is 1.